The van der Waals surface area contributed by atoms with Crippen molar-refractivity contribution in [3.8, 4) is 5.75 Å². The molecule has 94 valence electrons. The number of methoxy groups -OCH3 is 1. The molecule has 0 heterocycles. The Hall–Kier alpha value is -1.38. The first-order valence-electron chi connectivity index (χ1n) is 6.41. The second kappa shape index (κ2) is 5.30. The average molecular weight is 234 g/mol. The molecule has 3 nitrogen and oxygen atoms in total. The molecule has 1 unspecified atom stereocenters. The Bertz CT molecular complexity index is 372. The number of nitrogens with two attached hydrogens (primary N) is 1. The van der Waals surface area contributed by atoms with Crippen LogP contribution < -0.4 is 15.8 Å². The maximum atomic E-state index is 6.05. The molecule has 0 amide bonds. The van der Waals surface area contributed by atoms with E-state index in [0.29, 0.717) is 11.7 Å². The Morgan fingerprint density at radius 1 is 1.35 bits per heavy atom. The van der Waals surface area contributed by atoms with Crippen LogP contribution in [0.5, 0.6) is 5.75 Å². The predicted octanol–water partition coefficient (Wildman–Crippen LogP) is 3.27. The maximum absolute atomic E-state index is 6.05. The van der Waals surface area contributed by atoms with E-state index in [4.69, 9.17) is 10.5 Å². The highest BCUT2D eigenvalue weighted by Crippen LogP contribution is 2.33. The number of hydrogen-bond acceptors (Lipinski definition) is 3. The topological polar surface area (TPSA) is 47.3 Å². The molecule has 1 saturated carbocycles. The van der Waals surface area contributed by atoms with Gasteiger partial charge in [0.05, 0.1) is 18.5 Å². The highest BCUT2D eigenvalue weighted by atomic mass is 16.5. The smallest absolute Gasteiger partial charge is 0.143 e. The Morgan fingerprint density at radius 3 is 2.71 bits per heavy atom. The van der Waals surface area contributed by atoms with Gasteiger partial charge < -0.3 is 15.8 Å². The molecule has 0 spiro atoms. The predicted molar refractivity (Wildman–Crippen MR) is 72.4 cm³/mol. The summed E-state index contributed by atoms with van der Waals surface area (Å²) in [5.41, 5.74) is 7.75. The normalized spacial score (nSPS) is 18.0. The second-order valence-corrected chi connectivity index (χ2v) is 4.90. The molecular weight excluding hydrogens is 212 g/mol. The molecule has 3 heteroatoms. The lowest BCUT2D eigenvalue weighted by Crippen LogP contribution is -2.24. The third kappa shape index (κ3) is 2.65. The van der Waals surface area contributed by atoms with Crippen molar-refractivity contribution < 1.29 is 4.74 Å². The summed E-state index contributed by atoms with van der Waals surface area (Å²) in [4.78, 5) is 0. The van der Waals surface area contributed by atoms with Crippen LogP contribution in [0.25, 0.3) is 0 Å². The minimum Gasteiger partial charge on any atom is -0.495 e. The zero-order chi connectivity index (χ0) is 12.3. The maximum Gasteiger partial charge on any atom is 0.143 e. The molecule has 0 radical (unpaired) electrons. The van der Waals surface area contributed by atoms with Crippen LogP contribution in [0.1, 0.15) is 32.6 Å². The van der Waals surface area contributed by atoms with Gasteiger partial charge >= 0.3 is 0 Å². The quantitative estimate of drug-likeness (QED) is 0.786. The second-order valence-electron chi connectivity index (χ2n) is 4.90. The monoisotopic (exact) mass is 234 g/mol. The molecule has 1 atom stereocenters. The summed E-state index contributed by atoms with van der Waals surface area (Å²) in [6.07, 6.45) is 5.39. The lowest BCUT2D eigenvalue weighted by atomic mass is 9.99. The molecule has 0 aliphatic heterocycles. The van der Waals surface area contributed by atoms with Gasteiger partial charge in [0.2, 0.25) is 0 Å². The summed E-state index contributed by atoms with van der Waals surface area (Å²) < 4.78 is 5.23. The number of nitrogen functional groups attached to an aromatic ring is 1. The SMILES string of the molecule is COc1cccc(NC(C)C2CCCC2)c1N. The van der Waals surface area contributed by atoms with E-state index in [0.717, 1.165) is 17.4 Å². The Morgan fingerprint density at radius 2 is 2.06 bits per heavy atom. The zero-order valence-corrected chi connectivity index (χ0v) is 10.7. The van der Waals surface area contributed by atoms with Crippen LogP contribution in [0.3, 0.4) is 0 Å². The van der Waals surface area contributed by atoms with Crippen LogP contribution in [-0.4, -0.2) is 13.2 Å². The number of para-hydroxylation sites is 1. The molecule has 0 saturated heterocycles. The van der Waals surface area contributed by atoms with Gasteiger partial charge in [-0.1, -0.05) is 18.9 Å². The van der Waals surface area contributed by atoms with E-state index in [2.05, 4.69) is 12.2 Å². The van der Waals surface area contributed by atoms with E-state index in [-0.39, 0.29) is 0 Å². The van der Waals surface area contributed by atoms with Crippen LogP contribution in [0.15, 0.2) is 18.2 Å². The van der Waals surface area contributed by atoms with E-state index in [1.807, 2.05) is 18.2 Å². The fourth-order valence-electron chi connectivity index (χ4n) is 2.67. The van der Waals surface area contributed by atoms with Gasteiger partial charge in [-0.05, 0) is 37.8 Å². The van der Waals surface area contributed by atoms with E-state index < -0.39 is 0 Å². The molecule has 0 bridgehead atoms. The number of nitrogens with one attached hydrogen (secondary N) is 1. The molecule has 3 N–H and O–H groups in total. The summed E-state index contributed by atoms with van der Waals surface area (Å²) in [5.74, 6) is 1.52. The zero-order valence-electron chi connectivity index (χ0n) is 10.7. The van der Waals surface area contributed by atoms with Gasteiger partial charge in [0.15, 0.2) is 0 Å². The van der Waals surface area contributed by atoms with Gasteiger partial charge in [0.25, 0.3) is 0 Å². The van der Waals surface area contributed by atoms with Crippen molar-refractivity contribution in [2.45, 2.75) is 38.6 Å². The fraction of sp³-hybridized carbons (Fsp3) is 0.571. The third-order valence-electron chi connectivity index (χ3n) is 3.78. The van der Waals surface area contributed by atoms with Crippen LogP contribution in [0.2, 0.25) is 0 Å². The summed E-state index contributed by atoms with van der Waals surface area (Å²) in [6.45, 7) is 2.24. The van der Waals surface area contributed by atoms with Crippen LogP contribution >= 0.6 is 0 Å². The Balaban J connectivity index is 2.07. The van der Waals surface area contributed by atoms with Gasteiger partial charge in [-0.25, -0.2) is 0 Å². The largest absolute Gasteiger partial charge is 0.495 e. The lowest BCUT2D eigenvalue weighted by Gasteiger charge is -2.23. The van der Waals surface area contributed by atoms with Crippen molar-refractivity contribution >= 4 is 11.4 Å². The molecular formula is C14H22N2O. The van der Waals surface area contributed by atoms with Gasteiger partial charge in [0, 0.05) is 6.04 Å². The van der Waals surface area contributed by atoms with Gasteiger partial charge in [-0.15, -0.1) is 0 Å². The summed E-state index contributed by atoms with van der Waals surface area (Å²) in [7, 11) is 1.65. The first-order chi connectivity index (χ1) is 8.22. The molecule has 17 heavy (non-hydrogen) atoms. The van der Waals surface area contributed by atoms with Crippen molar-refractivity contribution in [2.24, 2.45) is 5.92 Å². The summed E-state index contributed by atoms with van der Waals surface area (Å²) in [5, 5.41) is 3.52. The van der Waals surface area contributed by atoms with Gasteiger partial charge in [-0.2, -0.15) is 0 Å². The highest BCUT2D eigenvalue weighted by Gasteiger charge is 2.22. The van der Waals surface area contributed by atoms with Gasteiger partial charge in [0.1, 0.15) is 5.75 Å². The van der Waals surface area contributed by atoms with Crippen LogP contribution in [0, 0.1) is 5.92 Å². The molecule has 1 aromatic carbocycles. The average Bonchev–Trinajstić information content (AvgIpc) is 2.85. The summed E-state index contributed by atoms with van der Waals surface area (Å²) >= 11 is 0. The van der Waals surface area contributed by atoms with Crippen molar-refractivity contribution in [2.75, 3.05) is 18.2 Å². The Kier molecular flexibility index (Phi) is 3.77. The number of hydrogen-bond donors (Lipinski definition) is 2. The number of anilines is 2. The first-order valence-corrected chi connectivity index (χ1v) is 6.41. The first kappa shape index (κ1) is 12.1. The molecule has 0 aromatic heterocycles. The van der Waals surface area contributed by atoms with Crippen molar-refractivity contribution in [1.29, 1.82) is 0 Å². The molecule has 1 aliphatic carbocycles. The molecule has 2 rings (SSSR count). The van der Waals surface area contributed by atoms with Crippen molar-refractivity contribution in [3.63, 3.8) is 0 Å². The van der Waals surface area contributed by atoms with Crippen molar-refractivity contribution in [3.05, 3.63) is 18.2 Å². The Labute approximate surface area is 103 Å². The molecule has 1 fully saturated rings. The van der Waals surface area contributed by atoms with Crippen LogP contribution in [-0.2, 0) is 0 Å². The summed E-state index contributed by atoms with van der Waals surface area (Å²) in [6, 6.07) is 6.36. The molecule has 1 aromatic rings. The number of rotatable bonds is 4. The fourth-order valence-corrected chi connectivity index (χ4v) is 2.67. The lowest BCUT2D eigenvalue weighted by molar-refractivity contribution is 0.417. The molecule has 1 aliphatic rings. The van der Waals surface area contributed by atoms with Crippen LogP contribution in [0.4, 0.5) is 11.4 Å². The van der Waals surface area contributed by atoms with Gasteiger partial charge in [-0.3, -0.25) is 0 Å². The van der Waals surface area contributed by atoms with E-state index in [9.17, 15) is 0 Å². The highest BCUT2D eigenvalue weighted by molar-refractivity contribution is 5.73. The van der Waals surface area contributed by atoms with Crippen molar-refractivity contribution in [1.82, 2.24) is 0 Å². The van der Waals surface area contributed by atoms with E-state index >= 15 is 0 Å². The standard InChI is InChI=1S/C14H22N2O/c1-10(11-6-3-4-7-11)16-12-8-5-9-13(17-2)14(12)15/h5,8-11,16H,3-4,6-7,15H2,1-2H3. The number of ether oxygens (including phenoxy) is 1. The van der Waals surface area contributed by atoms with E-state index in [1.54, 1.807) is 7.11 Å². The number of benzene rings is 1. The minimum atomic E-state index is 0.479. The minimum absolute atomic E-state index is 0.479. The third-order valence-corrected chi connectivity index (χ3v) is 3.78. The van der Waals surface area contributed by atoms with E-state index in [1.165, 1.54) is 25.7 Å².